The lowest BCUT2D eigenvalue weighted by Gasteiger charge is -2.23. The molecule has 0 aromatic heterocycles. The molecule has 140 valence electrons. The molecule has 0 spiro atoms. The van der Waals surface area contributed by atoms with Crippen LogP contribution < -0.4 is 4.90 Å². The fourth-order valence-corrected chi connectivity index (χ4v) is 3.76. The van der Waals surface area contributed by atoms with E-state index in [1.165, 1.54) is 23.6 Å². The van der Waals surface area contributed by atoms with Crippen molar-refractivity contribution in [3.05, 3.63) is 65.2 Å². The summed E-state index contributed by atoms with van der Waals surface area (Å²) < 4.78 is 27.2. The summed E-state index contributed by atoms with van der Waals surface area (Å²) in [5.74, 6) is -2.31. The summed E-state index contributed by atoms with van der Waals surface area (Å²) in [6.45, 7) is 4.06. The maximum absolute atomic E-state index is 13.6. The fourth-order valence-electron chi connectivity index (χ4n) is 2.71. The quantitative estimate of drug-likeness (QED) is 0.714. The molecule has 0 N–H and O–H groups in total. The number of amidine groups is 1. The summed E-state index contributed by atoms with van der Waals surface area (Å²) in [6, 6.07) is 9.21. The number of amides is 1. The summed E-state index contributed by atoms with van der Waals surface area (Å²) >= 11 is 1.46. The number of Topliss-reactive ketones (excluding diaryl/α,β-unsaturated/α-hetero) is 1. The van der Waals surface area contributed by atoms with Crippen molar-refractivity contribution in [2.75, 3.05) is 11.4 Å². The Hall–Kier alpha value is -2.54. The van der Waals surface area contributed by atoms with Crippen molar-refractivity contribution in [1.29, 1.82) is 0 Å². The van der Waals surface area contributed by atoms with Gasteiger partial charge in [-0.05, 0) is 49.7 Å². The molecule has 0 saturated carbocycles. The van der Waals surface area contributed by atoms with Gasteiger partial charge in [-0.25, -0.2) is 8.78 Å². The van der Waals surface area contributed by atoms with Crippen LogP contribution in [-0.4, -0.2) is 28.7 Å². The van der Waals surface area contributed by atoms with Crippen LogP contribution in [0.1, 0.15) is 41.0 Å². The molecule has 0 saturated heterocycles. The van der Waals surface area contributed by atoms with Gasteiger partial charge in [-0.15, -0.1) is 0 Å². The highest BCUT2D eigenvalue weighted by Crippen LogP contribution is 2.30. The van der Waals surface area contributed by atoms with Crippen LogP contribution >= 0.6 is 11.8 Å². The first-order valence-corrected chi connectivity index (χ1v) is 9.39. The highest BCUT2D eigenvalue weighted by Gasteiger charge is 2.29. The standard InChI is InChI=1S/C20H18F2N2O2S/c1-3-18-11-23-20(27-18)24(17-6-4-13(5-7-17)12(2)25)19(26)14-8-15(21)10-16(22)9-14/h4-10,18H,3,11H2,1-2H3. The SMILES string of the molecule is CCC1CN=C(N(C(=O)c2cc(F)cc(F)c2)c2ccc(C(C)=O)cc2)S1. The molecule has 1 amide bonds. The van der Waals surface area contributed by atoms with Gasteiger partial charge >= 0.3 is 0 Å². The van der Waals surface area contributed by atoms with E-state index in [9.17, 15) is 18.4 Å². The summed E-state index contributed by atoms with van der Waals surface area (Å²) in [6.07, 6.45) is 0.886. The van der Waals surface area contributed by atoms with Gasteiger partial charge in [0.1, 0.15) is 11.6 Å². The van der Waals surface area contributed by atoms with E-state index in [0.29, 0.717) is 23.0 Å². The Morgan fingerprint density at radius 3 is 2.26 bits per heavy atom. The van der Waals surface area contributed by atoms with Crippen LogP contribution in [-0.2, 0) is 0 Å². The predicted molar refractivity (Wildman–Crippen MR) is 104 cm³/mol. The Bertz CT molecular complexity index is 892. The number of thioether (sulfide) groups is 1. The number of halogens is 2. The maximum atomic E-state index is 13.6. The van der Waals surface area contributed by atoms with Crippen molar-refractivity contribution in [3.63, 3.8) is 0 Å². The van der Waals surface area contributed by atoms with Crippen LogP contribution in [0.25, 0.3) is 0 Å². The van der Waals surface area contributed by atoms with Crippen molar-refractivity contribution in [3.8, 4) is 0 Å². The number of carbonyl (C=O) groups is 2. The zero-order valence-electron chi connectivity index (χ0n) is 14.9. The van der Waals surface area contributed by atoms with Gasteiger partial charge < -0.3 is 0 Å². The van der Waals surface area contributed by atoms with Gasteiger partial charge in [-0.2, -0.15) is 0 Å². The zero-order chi connectivity index (χ0) is 19.6. The average molecular weight is 388 g/mol. The monoisotopic (exact) mass is 388 g/mol. The molecule has 0 radical (unpaired) electrons. The average Bonchev–Trinajstić information content (AvgIpc) is 3.10. The van der Waals surface area contributed by atoms with Crippen LogP contribution in [0.3, 0.4) is 0 Å². The molecule has 0 fully saturated rings. The van der Waals surface area contributed by atoms with Crippen LogP contribution in [0.4, 0.5) is 14.5 Å². The lowest BCUT2D eigenvalue weighted by atomic mass is 10.1. The van der Waals surface area contributed by atoms with Crippen molar-refractivity contribution >= 4 is 34.3 Å². The molecule has 1 aliphatic rings. The van der Waals surface area contributed by atoms with Gasteiger partial charge in [0.2, 0.25) is 0 Å². The van der Waals surface area contributed by atoms with Crippen molar-refractivity contribution in [2.24, 2.45) is 4.99 Å². The first kappa shape index (κ1) is 19.2. The summed E-state index contributed by atoms with van der Waals surface area (Å²) in [4.78, 5) is 30.4. The van der Waals surface area contributed by atoms with E-state index < -0.39 is 17.5 Å². The highest BCUT2D eigenvalue weighted by atomic mass is 32.2. The third kappa shape index (κ3) is 4.24. The summed E-state index contributed by atoms with van der Waals surface area (Å²) in [5.41, 5.74) is 0.888. The predicted octanol–water partition coefficient (Wildman–Crippen LogP) is 4.70. The van der Waals surface area contributed by atoms with E-state index in [2.05, 4.69) is 4.99 Å². The number of benzene rings is 2. The Kier molecular flexibility index (Phi) is 5.70. The van der Waals surface area contributed by atoms with Gasteiger partial charge in [0.05, 0.1) is 12.2 Å². The number of hydrogen-bond donors (Lipinski definition) is 0. The molecule has 2 aromatic carbocycles. The largest absolute Gasteiger partial charge is 0.295 e. The van der Waals surface area contributed by atoms with E-state index in [4.69, 9.17) is 0 Å². The van der Waals surface area contributed by atoms with Crippen molar-refractivity contribution < 1.29 is 18.4 Å². The van der Waals surface area contributed by atoms with Crippen molar-refractivity contribution in [2.45, 2.75) is 25.5 Å². The molecule has 1 unspecified atom stereocenters. The second-order valence-corrected chi connectivity index (χ2v) is 7.44. The van der Waals surface area contributed by atoms with E-state index in [-0.39, 0.29) is 16.6 Å². The molecular formula is C20H18F2N2O2S. The number of rotatable bonds is 4. The number of ketones is 1. The van der Waals surface area contributed by atoms with Crippen LogP contribution in [0.5, 0.6) is 0 Å². The second kappa shape index (κ2) is 8.00. The Balaban J connectivity index is 2.02. The van der Waals surface area contributed by atoms with E-state index in [0.717, 1.165) is 24.6 Å². The molecule has 0 bridgehead atoms. The molecule has 1 heterocycles. The number of aliphatic imine (C=N–C) groups is 1. The maximum Gasteiger partial charge on any atom is 0.264 e. The lowest BCUT2D eigenvalue weighted by molar-refractivity contribution is 0.0999. The van der Waals surface area contributed by atoms with Crippen LogP contribution in [0.15, 0.2) is 47.5 Å². The molecule has 2 aromatic rings. The molecule has 1 atom stereocenters. The summed E-state index contributed by atoms with van der Waals surface area (Å²) in [7, 11) is 0. The Morgan fingerprint density at radius 1 is 1.11 bits per heavy atom. The molecule has 1 aliphatic heterocycles. The van der Waals surface area contributed by atoms with Crippen LogP contribution in [0.2, 0.25) is 0 Å². The molecule has 4 nitrogen and oxygen atoms in total. The minimum Gasteiger partial charge on any atom is -0.295 e. The molecule has 27 heavy (non-hydrogen) atoms. The number of carbonyl (C=O) groups excluding carboxylic acids is 2. The highest BCUT2D eigenvalue weighted by molar-refractivity contribution is 8.15. The van der Waals surface area contributed by atoms with Gasteiger partial charge in [0, 0.05) is 22.4 Å². The number of anilines is 1. The first-order chi connectivity index (χ1) is 12.9. The molecule has 3 rings (SSSR count). The minimum atomic E-state index is -0.822. The lowest BCUT2D eigenvalue weighted by Crippen LogP contribution is -2.35. The molecular weight excluding hydrogens is 370 g/mol. The fraction of sp³-hybridized carbons (Fsp3) is 0.250. The van der Waals surface area contributed by atoms with Crippen LogP contribution in [0, 0.1) is 11.6 Å². The number of nitrogens with zero attached hydrogens (tertiary/aromatic N) is 2. The normalized spacial score (nSPS) is 16.1. The van der Waals surface area contributed by atoms with E-state index >= 15 is 0 Å². The second-order valence-electron chi connectivity index (χ2n) is 6.17. The molecule has 0 aliphatic carbocycles. The Morgan fingerprint density at radius 2 is 1.74 bits per heavy atom. The minimum absolute atomic E-state index is 0.0924. The topological polar surface area (TPSA) is 49.7 Å². The van der Waals surface area contributed by atoms with Gasteiger partial charge in [-0.3, -0.25) is 19.5 Å². The third-order valence-corrected chi connectivity index (χ3v) is 5.53. The third-order valence-electron chi connectivity index (χ3n) is 4.19. The van der Waals surface area contributed by atoms with Crippen molar-refractivity contribution in [1.82, 2.24) is 0 Å². The smallest absolute Gasteiger partial charge is 0.264 e. The van der Waals surface area contributed by atoms with Gasteiger partial charge in [0.15, 0.2) is 11.0 Å². The van der Waals surface area contributed by atoms with Gasteiger partial charge in [0.25, 0.3) is 5.91 Å². The van der Waals surface area contributed by atoms with E-state index in [1.54, 1.807) is 24.3 Å². The Labute approximate surface area is 160 Å². The zero-order valence-corrected chi connectivity index (χ0v) is 15.7. The molecule has 7 heteroatoms. The van der Waals surface area contributed by atoms with E-state index in [1.807, 2.05) is 6.92 Å². The van der Waals surface area contributed by atoms with Gasteiger partial charge in [-0.1, -0.05) is 18.7 Å². The summed E-state index contributed by atoms with van der Waals surface area (Å²) in [5, 5.41) is 0.725. The first-order valence-electron chi connectivity index (χ1n) is 8.51. The number of hydrogen-bond acceptors (Lipinski definition) is 4.